The lowest BCUT2D eigenvalue weighted by Crippen LogP contribution is -2.35. The van der Waals surface area contributed by atoms with Gasteiger partial charge in [-0.2, -0.15) is 0 Å². The third-order valence-electron chi connectivity index (χ3n) is 4.06. The normalized spacial score (nSPS) is 24.8. The number of carbonyl (C=O) groups is 1. The van der Waals surface area contributed by atoms with Crippen molar-refractivity contribution in [2.45, 2.75) is 30.5 Å². The predicted octanol–water partition coefficient (Wildman–Crippen LogP) is 4.10. The molecule has 2 atom stereocenters. The lowest BCUT2D eigenvalue weighted by atomic mass is 10.1. The number of hydrogen-bond donors (Lipinski definition) is 1. The van der Waals surface area contributed by atoms with E-state index in [0.717, 1.165) is 10.5 Å². The second-order valence-corrected chi connectivity index (χ2v) is 8.39. The minimum atomic E-state index is -0.920. The first kappa shape index (κ1) is 15.1. The second kappa shape index (κ2) is 5.11. The van der Waals surface area contributed by atoms with Crippen molar-refractivity contribution in [1.29, 1.82) is 0 Å². The van der Waals surface area contributed by atoms with Crippen LogP contribution in [0.4, 0.5) is 0 Å². The van der Waals surface area contributed by atoms with E-state index in [1.807, 2.05) is 18.2 Å². The van der Waals surface area contributed by atoms with E-state index < -0.39 is 9.75 Å². The largest absolute Gasteiger partial charge is 0.355 e. The Kier molecular flexibility index (Phi) is 3.67. The van der Waals surface area contributed by atoms with Crippen LogP contribution in [-0.4, -0.2) is 21.8 Å². The molecule has 1 N–H and O–H groups in total. The third-order valence-corrected chi connectivity index (χ3v) is 6.43. The Balaban J connectivity index is 1.64. The number of alkyl halides is 2. The van der Waals surface area contributed by atoms with Gasteiger partial charge in [0.05, 0.1) is 20.6 Å². The Hall–Kier alpha value is -0.840. The molecule has 21 heavy (non-hydrogen) atoms. The molecule has 1 saturated carbocycles. The number of hydrogen-bond acceptors (Lipinski definition) is 3. The summed E-state index contributed by atoms with van der Waals surface area (Å²) in [5, 5.41) is 3.97. The molecule has 0 saturated heterocycles. The number of benzene rings is 1. The first-order valence-corrected chi connectivity index (χ1v) is 8.42. The quantitative estimate of drug-likeness (QED) is 0.850. The molecule has 112 valence electrons. The van der Waals surface area contributed by atoms with E-state index in [2.05, 4.69) is 23.3 Å². The van der Waals surface area contributed by atoms with Crippen molar-refractivity contribution in [3.8, 4) is 0 Å². The van der Waals surface area contributed by atoms with Gasteiger partial charge < -0.3 is 5.32 Å². The van der Waals surface area contributed by atoms with Gasteiger partial charge >= 0.3 is 0 Å². The van der Waals surface area contributed by atoms with Gasteiger partial charge in [-0.1, -0.05) is 19.1 Å². The predicted molar refractivity (Wildman–Crippen MR) is 88.2 cm³/mol. The van der Waals surface area contributed by atoms with Crippen molar-refractivity contribution in [2.75, 3.05) is 6.54 Å². The zero-order chi connectivity index (χ0) is 15.3. The van der Waals surface area contributed by atoms with Gasteiger partial charge in [0.1, 0.15) is 4.33 Å². The lowest BCUT2D eigenvalue weighted by molar-refractivity contribution is -0.125. The van der Waals surface area contributed by atoms with Crippen LogP contribution < -0.4 is 5.32 Å². The third kappa shape index (κ3) is 2.65. The summed E-state index contributed by atoms with van der Waals surface area (Å²) in [4.78, 5) is 16.8. The maximum atomic E-state index is 12.2. The van der Waals surface area contributed by atoms with Gasteiger partial charge in [-0.25, -0.2) is 4.98 Å². The van der Waals surface area contributed by atoms with E-state index in [1.165, 1.54) is 4.70 Å². The highest BCUT2D eigenvalue weighted by Crippen LogP contribution is 2.63. The van der Waals surface area contributed by atoms with Gasteiger partial charge in [0.2, 0.25) is 5.91 Å². The van der Waals surface area contributed by atoms with Crippen molar-refractivity contribution < 1.29 is 4.79 Å². The Bertz CT molecular complexity index is 667. The van der Waals surface area contributed by atoms with Crippen LogP contribution in [0.25, 0.3) is 10.2 Å². The molecule has 2 unspecified atom stereocenters. The maximum absolute atomic E-state index is 12.2. The van der Waals surface area contributed by atoms with Crippen molar-refractivity contribution >= 4 is 50.7 Å². The van der Waals surface area contributed by atoms with Crippen LogP contribution in [0.1, 0.15) is 31.2 Å². The fourth-order valence-corrected chi connectivity index (χ4v) is 4.00. The van der Waals surface area contributed by atoms with E-state index in [-0.39, 0.29) is 11.8 Å². The molecule has 0 spiro atoms. The van der Waals surface area contributed by atoms with Crippen LogP contribution in [0.15, 0.2) is 24.3 Å². The molecule has 1 aromatic heterocycles. The topological polar surface area (TPSA) is 42.0 Å². The van der Waals surface area contributed by atoms with E-state index in [0.29, 0.717) is 13.0 Å². The molecule has 1 aliphatic carbocycles. The molecule has 1 heterocycles. The number of para-hydroxylation sites is 1. The smallest absolute Gasteiger partial charge is 0.229 e. The SMILES string of the molecule is CC(CNC(=O)C1(C)CC1(Cl)Cl)c1nc2ccccc2s1. The summed E-state index contributed by atoms with van der Waals surface area (Å²) in [6.07, 6.45) is 0.504. The van der Waals surface area contributed by atoms with E-state index in [1.54, 1.807) is 18.3 Å². The Morgan fingerprint density at radius 3 is 2.76 bits per heavy atom. The average molecular weight is 343 g/mol. The van der Waals surface area contributed by atoms with E-state index in [4.69, 9.17) is 23.2 Å². The highest BCUT2D eigenvalue weighted by molar-refractivity contribution is 7.18. The summed E-state index contributed by atoms with van der Waals surface area (Å²) in [5.74, 6) is 0.0780. The summed E-state index contributed by atoms with van der Waals surface area (Å²) in [6.45, 7) is 4.39. The minimum absolute atomic E-state index is 0.0829. The first-order chi connectivity index (χ1) is 9.83. The maximum Gasteiger partial charge on any atom is 0.229 e. The molecule has 1 aromatic carbocycles. The number of rotatable bonds is 4. The van der Waals surface area contributed by atoms with Crippen molar-refractivity contribution in [3.63, 3.8) is 0 Å². The lowest BCUT2D eigenvalue weighted by Gasteiger charge is -2.15. The van der Waals surface area contributed by atoms with Gasteiger partial charge in [-0.15, -0.1) is 34.5 Å². The van der Waals surface area contributed by atoms with Crippen LogP contribution in [0.3, 0.4) is 0 Å². The van der Waals surface area contributed by atoms with Gasteiger partial charge in [0, 0.05) is 12.5 Å². The van der Waals surface area contributed by atoms with Crippen molar-refractivity contribution in [1.82, 2.24) is 10.3 Å². The number of halogens is 2. The van der Waals surface area contributed by atoms with Crippen molar-refractivity contribution in [3.05, 3.63) is 29.3 Å². The second-order valence-electron chi connectivity index (χ2n) is 5.84. The highest BCUT2D eigenvalue weighted by Gasteiger charge is 2.67. The fourth-order valence-electron chi connectivity index (χ4n) is 2.28. The van der Waals surface area contributed by atoms with E-state index >= 15 is 0 Å². The molecule has 0 bridgehead atoms. The van der Waals surface area contributed by atoms with Crippen molar-refractivity contribution in [2.24, 2.45) is 5.41 Å². The highest BCUT2D eigenvalue weighted by atomic mass is 35.5. The minimum Gasteiger partial charge on any atom is -0.355 e. The van der Waals surface area contributed by atoms with Crippen LogP contribution in [0.5, 0.6) is 0 Å². The summed E-state index contributed by atoms with van der Waals surface area (Å²) in [5.41, 5.74) is 0.342. The molecule has 0 radical (unpaired) electrons. The fraction of sp³-hybridized carbons (Fsp3) is 0.467. The molecule has 0 aliphatic heterocycles. The molecule has 1 amide bonds. The number of nitrogens with one attached hydrogen (secondary N) is 1. The summed E-state index contributed by atoms with van der Waals surface area (Å²) in [7, 11) is 0. The molecule has 3 rings (SSSR count). The molecule has 1 fully saturated rings. The average Bonchev–Trinajstić information content (AvgIpc) is 2.82. The standard InChI is InChI=1S/C15H16Cl2N2OS/c1-9(7-18-13(20)14(2)8-15(14,16)17)12-19-10-5-3-4-6-11(10)21-12/h3-6,9H,7-8H2,1-2H3,(H,18,20). The number of carbonyl (C=O) groups excluding carboxylic acids is 1. The molecular weight excluding hydrogens is 327 g/mol. The number of fused-ring (bicyclic) bond motifs is 1. The molecule has 1 aliphatic rings. The zero-order valence-corrected chi connectivity index (χ0v) is 14.1. The van der Waals surface area contributed by atoms with Gasteiger partial charge in [-0.05, 0) is 25.5 Å². The molecule has 2 aromatic rings. The Labute approximate surface area is 137 Å². The van der Waals surface area contributed by atoms with Gasteiger partial charge in [0.15, 0.2) is 0 Å². The van der Waals surface area contributed by atoms with E-state index in [9.17, 15) is 4.79 Å². The van der Waals surface area contributed by atoms with Crippen LogP contribution in [0.2, 0.25) is 0 Å². The van der Waals surface area contributed by atoms with Crippen LogP contribution >= 0.6 is 34.5 Å². The molecule has 3 nitrogen and oxygen atoms in total. The summed E-state index contributed by atoms with van der Waals surface area (Å²) < 4.78 is 0.247. The van der Waals surface area contributed by atoms with Gasteiger partial charge in [0.25, 0.3) is 0 Å². The van der Waals surface area contributed by atoms with Crippen LogP contribution in [-0.2, 0) is 4.79 Å². The molecule has 6 heteroatoms. The number of thiazole rings is 1. The number of amides is 1. The summed E-state index contributed by atoms with van der Waals surface area (Å²) in [6, 6.07) is 8.04. The number of nitrogens with zero attached hydrogens (tertiary/aromatic N) is 1. The van der Waals surface area contributed by atoms with Crippen LogP contribution in [0, 0.1) is 5.41 Å². The summed E-state index contributed by atoms with van der Waals surface area (Å²) >= 11 is 13.7. The zero-order valence-electron chi connectivity index (χ0n) is 11.8. The number of aromatic nitrogens is 1. The Morgan fingerprint density at radius 2 is 2.14 bits per heavy atom. The Morgan fingerprint density at radius 1 is 1.48 bits per heavy atom. The molecular formula is C15H16Cl2N2OS. The van der Waals surface area contributed by atoms with Gasteiger partial charge in [-0.3, -0.25) is 4.79 Å². The monoisotopic (exact) mass is 342 g/mol. The first-order valence-electron chi connectivity index (χ1n) is 6.85.